The average molecular weight is 330 g/mol. The van der Waals surface area contributed by atoms with E-state index in [1.165, 1.54) is 0 Å². The first-order valence-corrected chi connectivity index (χ1v) is 8.49. The summed E-state index contributed by atoms with van der Waals surface area (Å²) in [5, 5.41) is 0. The third-order valence-electron chi connectivity index (χ3n) is 3.52. The molecule has 3 aromatic rings. The van der Waals surface area contributed by atoms with E-state index in [-0.39, 0.29) is 10.8 Å². The largest absolute Gasteiger partial charge is 0.440 e. The molecule has 0 aliphatic heterocycles. The Balaban J connectivity index is 1.89. The minimum atomic E-state index is -0.0461. The molecule has 0 fully saturated rings. The standard InChI is InChI=1S/C18H22N2O2S/c1-17(2,3)13-9-19-15(21-13)11-7-8-12(23-11)16-20-10-14(22-16)18(4,5)6/h7-10H,1-6H3. The Kier molecular flexibility index (Phi) is 3.71. The second kappa shape index (κ2) is 5.34. The maximum absolute atomic E-state index is 5.89. The van der Waals surface area contributed by atoms with E-state index in [4.69, 9.17) is 8.83 Å². The van der Waals surface area contributed by atoms with Crippen LogP contribution in [0.15, 0.2) is 33.4 Å². The third kappa shape index (κ3) is 3.24. The molecule has 0 N–H and O–H groups in total. The molecule has 0 amide bonds. The van der Waals surface area contributed by atoms with Crippen molar-refractivity contribution in [3.05, 3.63) is 36.0 Å². The van der Waals surface area contributed by atoms with Gasteiger partial charge in [0.05, 0.1) is 22.1 Å². The summed E-state index contributed by atoms with van der Waals surface area (Å²) < 4.78 is 11.8. The van der Waals surface area contributed by atoms with Gasteiger partial charge in [-0.25, -0.2) is 9.97 Å². The van der Waals surface area contributed by atoms with E-state index < -0.39 is 0 Å². The van der Waals surface area contributed by atoms with Crippen molar-refractivity contribution in [3.63, 3.8) is 0 Å². The van der Waals surface area contributed by atoms with Crippen LogP contribution in [0.2, 0.25) is 0 Å². The molecule has 122 valence electrons. The van der Waals surface area contributed by atoms with Gasteiger partial charge in [0.1, 0.15) is 11.5 Å². The number of thiophene rings is 1. The van der Waals surface area contributed by atoms with Gasteiger partial charge in [-0.15, -0.1) is 11.3 Å². The summed E-state index contributed by atoms with van der Waals surface area (Å²) >= 11 is 1.57. The first kappa shape index (κ1) is 16.0. The Bertz CT molecular complexity index is 746. The lowest BCUT2D eigenvalue weighted by Gasteiger charge is -2.12. The zero-order chi connectivity index (χ0) is 16.8. The third-order valence-corrected chi connectivity index (χ3v) is 4.58. The summed E-state index contributed by atoms with van der Waals surface area (Å²) in [6, 6.07) is 4.00. The normalized spacial score (nSPS) is 12.8. The molecule has 0 aromatic carbocycles. The van der Waals surface area contributed by atoms with Crippen molar-refractivity contribution in [1.82, 2.24) is 9.97 Å². The molecular formula is C18H22N2O2S. The highest BCUT2D eigenvalue weighted by Crippen LogP contribution is 2.36. The number of hydrogen-bond donors (Lipinski definition) is 0. The van der Waals surface area contributed by atoms with E-state index in [2.05, 4.69) is 51.5 Å². The molecule has 4 nitrogen and oxygen atoms in total. The highest BCUT2D eigenvalue weighted by atomic mass is 32.1. The zero-order valence-corrected chi connectivity index (χ0v) is 15.2. The van der Waals surface area contributed by atoms with Gasteiger partial charge >= 0.3 is 0 Å². The van der Waals surface area contributed by atoms with E-state index >= 15 is 0 Å². The van der Waals surface area contributed by atoms with Gasteiger partial charge in [-0.1, -0.05) is 41.5 Å². The molecule has 3 aromatic heterocycles. The predicted octanol–water partition coefficient (Wildman–Crippen LogP) is 5.65. The Morgan fingerprint density at radius 2 is 1.13 bits per heavy atom. The minimum Gasteiger partial charge on any atom is -0.440 e. The average Bonchev–Trinajstić information content (AvgIpc) is 3.17. The van der Waals surface area contributed by atoms with Crippen LogP contribution in [-0.4, -0.2) is 9.97 Å². The summed E-state index contributed by atoms with van der Waals surface area (Å²) in [7, 11) is 0. The minimum absolute atomic E-state index is 0.0461. The van der Waals surface area contributed by atoms with Crippen LogP contribution in [0.1, 0.15) is 53.1 Å². The zero-order valence-electron chi connectivity index (χ0n) is 14.4. The van der Waals surface area contributed by atoms with Gasteiger partial charge in [0.2, 0.25) is 11.8 Å². The predicted molar refractivity (Wildman–Crippen MR) is 92.7 cm³/mol. The molecule has 0 aliphatic rings. The first-order chi connectivity index (χ1) is 10.6. The number of rotatable bonds is 2. The summed E-state index contributed by atoms with van der Waals surface area (Å²) in [5.41, 5.74) is -0.0922. The van der Waals surface area contributed by atoms with Gasteiger partial charge in [-0.05, 0) is 12.1 Å². The van der Waals surface area contributed by atoms with Crippen LogP contribution < -0.4 is 0 Å². The fourth-order valence-electron chi connectivity index (χ4n) is 2.04. The Hall–Kier alpha value is -1.88. The fourth-order valence-corrected chi connectivity index (χ4v) is 2.91. The monoisotopic (exact) mass is 330 g/mol. The molecule has 5 heteroatoms. The van der Waals surface area contributed by atoms with E-state index in [1.54, 1.807) is 23.7 Å². The summed E-state index contributed by atoms with van der Waals surface area (Å²) in [4.78, 5) is 10.7. The molecule has 0 atom stereocenters. The van der Waals surface area contributed by atoms with E-state index in [0.29, 0.717) is 11.8 Å². The second-order valence-electron chi connectivity index (χ2n) is 7.72. The number of hydrogen-bond acceptors (Lipinski definition) is 5. The highest BCUT2D eigenvalue weighted by Gasteiger charge is 2.22. The van der Waals surface area contributed by atoms with E-state index in [9.17, 15) is 0 Å². The molecule has 0 radical (unpaired) electrons. The van der Waals surface area contributed by atoms with Crippen molar-refractivity contribution in [2.45, 2.75) is 52.4 Å². The van der Waals surface area contributed by atoms with Crippen LogP contribution in [0.5, 0.6) is 0 Å². The molecule has 0 bridgehead atoms. The molecule has 0 unspecified atom stereocenters. The molecule has 0 saturated carbocycles. The highest BCUT2D eigenvalue weighted by molar-refractivity contribution is 7.18. The lowest BCUT2D eigenvalue weighted by molar-refractivity contribution is 0.416. The van der Waals surface area contributed by atoms with Crippen LogP contribution in [-0.2, 0) is 10.8 Å². The Morgan fingerprint density at radius 1 is 0.739 bits per heavy atom. The van der Waals surface area contributed by atoms with Gasteiger partial charge in [-0.3, -0.25) is 0 Å². The molecule has 3 rings (SSSR count). The molecule has 0 aliphatic carbocycles. The summed E-state index contributed by atoms with van der Waals surface area (Å²) in [6.45, 7) is 12.7. The van der Waals surface area contributed by atoms with Gasteiger partial charge in [0, 0.05) is 10.8 Å². The molecule has 23 heavy (non-hydrogen) atoms. The van der Waals surface area contributed by atoms with Crippen molar-refractivity contribution in [3.8, 4) is 21.5 Å². The van der Waals surface area contributed by atoms with Crippen molar-refractivity contribution in [2.75, 3.05) is 0 Å². The maximum atomic E-state index is 5.89. The molecule has 0 spiro atoms. The summed E-state index contributed by atoms with van der Waals surface area (Å²) in [6.07, 6.45) is 3.61. The second-order valence-corrected chi connectivity index (χ2v) is 8.81. The van der Waals surface area contributed by atoms with Crippen molar-refractivity contribution in [1.29, 1.82) is 0 Å². The Morgan fingerprint density at radius 3 is 1.43 bits per heavy atom. The summed E-state index contributed by atoms with van der Waals surface area (Å²) in [5.74, 6) is 3.06. The topological polar surface area (TPSA) is 52.1 Å². The first-order valence-electron chi connectivity index (χ1n) is 7.68. The molecule has 3 heterocycles. The van der Waals surface area contributed by atoms with Gasteiger partial charge in [0.25, 0.3) is 0 Å². The lowest BCUT2D eigenvalue weighted by Crippen LogP contribution is -2.09. The molecular weight excluding hydrogens is 308 g/mol. The number of oxazole rings is 2. The van der Waals surface area contributed by atoms with Gasteiger partial charge < -0.3 is 8.83 Å². The van der Waals surface area contributed by atoms with E-state index in [1.807, 2.05) is 12.1 Å². The number of nitrogens with zero attached hydrogens (tertiary/aromatic N) is 2. The van der Waals surface area contributed by atoms with Gasteiger partial charge in [-0.2, -0.15) is 0 Å². The molecule has 0 saturated heterocycles. The Labute approximate surface area is 140 Å². The quantitative estimate of drug-likeness (QED) is 0.609. The van der Waals surface area contributed by atoms with E-state index in [0.717, 1.165) is 21.3 Å². The van der Waals surface area contributed by atoms with Crippen molar-refractivity contribution >= 4 is 11.3 Å². The van der Waals surface area contributed by atoms with Crippen LogP contribution >= 0.6 is 11.3 Å². The SMILES string of the molecule is CC(C)(C)c1cnc(-c2ccc(-c3ncc(C(C)(C)C)o3)s2)o1. The van der Waals surface area contributed by atoms with Gasteiger partial charge in [0.15, 0.2) is 0 Å². The van der Waals surface area contributed by atoms with Crippen LogP contribution in [0.4, 0.5) is 0 Å². The number of aromatic nitrogens is 2. The smallest absolute Gasteiger partial charge is 0.236 e. The fraction of sp³-hybridized carbons (Fsp3) is 0.444. The maximum Gasteiger partial charge on any atom is 0.236 e. The van der Waals surface area contributed by atoms with Crippen molar-refractivity contribution in [2.24, 2.45) is 0 Å². The lowest BCUT2D eigenvalue weighted by atomic mass is 9.94. The van der Waals surface area contributed by atoms with Crippen LogP contribution in [0.25, 0.3) is 21.5 Å². The van der Waals surface area contributed by atoms with Crippen LogP contribution in [0, 0.1) is 0 Å². The van der Waals surface area contributed by atoms with Crippen molar-refractivity contribution < 1.29 is 8.83 Å². The van der Waals surface area contributed by atoms with Crippen LogP contribution in [0.3, 0.4) is 0 Å².